The van der Waals surface area contributed by atoms with Crippen molar-refractivity contribution in [2.45, 2.75) is 127 Å². The van der Waals surface area contributed by atoms with Crippen LogP contribution in [0.3, 0.4) is 0 Å². The smallest absolute Gasteiger partial charge is 0.427 e. The van der Waals surface area contributed by atoms with Crippen molar-refractivity contribution in [2.24, 2.45) is 17.8 Å². The van der Waals surface area contributed by atoms with Gasteiger partial charge in [-0.1, -0.05) is 26.0 Å². The minimum absolute atomic E-state index is 0.0324. The zero-order chi connectivity index (χ0) is 42.4. The Balaban J connectivity index is 1.33. The van der Waals surface area contributed by atoms with Crippen molar-refractivity contribution >= 4 is 44.7 Å². The number of hydrogen-bond donors (Lipinski definition) is 3. The van der Waals surface area contributed by atoms with E-state index in [-0.39, 0.29) is 25.3 Å². The van der Waals surface area contributed by atoms with E-state index in [2.05, 4.69) is 20.3 Å². The maximum Gasteiger partial charge on any atom is 0.427 e. The number of pyridine rings is 1. The summed E-state index contributed by atoms with van der Waals surface area (Å²) in [6, 6.07) is 4.37. The van der Waals surface area contributed by atoms with Gasteiger partial charge in [0.25, 0.3) is 5.91 Å². The van der Waals surface area contributed by atoms with Gasteiger partial charge in [0.1, 0.15) is 35.2 Å². The van der Waals surface area contributed by atoms with Gasteiger partial charge >= 0.3 is 12.3 Å². The summed E-state index contributed by atoms with van der Waals surface area (Å²) in [7, 11) is -4.07. The van der Waals surface area contributed by atoms with E-state index in [0.29, 0.717) is 75.0 Å². The molecule has 2 aromatic rings. The van der Waals surface area contributed by atoms with E-state index in [4.69, 9.17) is 14.2 Å². The van der Waals surface area contributed by atoms with Crippen molar-refractivity contribution in [1.29, 1.82) is 0 Å². The number of allylic oxidation sites excluding steroid dienone is 1. The Kier molecular flexibility index (Phi) is 11.8. The van der Waals surface area contributed by atoms with Crippen LogP contribution in [0.4, 0.5) is 18.0 Å². The molecule has 6 rings (SSSR count). The Morgan fingerprint density at radius 1 is 1.09 bits per heavy atom. The number of alkyl halides is 3. The quantitative estimate of drug-likeness (QED) is 0.281. The molecule has 4 aliphatic rings. The summed E-state index contributed by atoms with van der Waals surface area (Å²) < 4.78 is 85.4. The van der Waals surface area contributed by atoms with Crippen molar-refractivity contribution < 1.29 is 55.0 Å². The summed E-state index contributed by atoms with van der Waals surface area (Å²) in [5, 5.41) is 5.88. The van der Waals surface area contributed by atoms with Crippen LogP contribution in [0.25, 0.3) is 10.9 Å². The Morgan fingerprint density at radius 2 is 1.79 bits per heavy atom. The van der Waals surface area contributed by atoms with Crippen LogP contribution < -0.4 is 24.8 Å². The van der Waals surface area contributed by atoms with Crippen LogP contribution in [0.1, 0.15) is 86.5 Å². The van der Waals surface area contributed by atoms with Gasteiger partial charge in [-0.15, -0.1) is 0 Å². The number of sulfonamides is 1. The van der Waals surface area contributed by atoms with Crippen LogP contribution in [-0.2, 0) is 29.1 Å². The molecule has 1 saturated heterocycles. The highest BCUT2D eigenvalue weighted by Gasteiger charge is 2.63. The minimum atomic E-state index is -4.91. The highest BCUT2D eigenvalue weighted by atomic mass is 32.2. The zero-order valence-corrected chi connectivity index (χ0v) is 34.3. The van der Waals surface area contributed by atoms with E-state index >= 15 is 0 Å². The standard InChI is InChI=1S/C40H52F3N5O9S/c1-7-55-27-12-13-30-25(17-27)18-28(21-44-30)56-29-19-31-33(49)46-39(35(51)47-58(53,54)38(6)14-15-38)20-26(39)11-9-8-10-23(2)16-24(3)32(34(50)48(31)22-29)45-36(52)57-37(4,5)40(41,42)43/h9,11-13,17-18,21,23-24,26,29,31-32H,7-8,10,14-16,19-20,22H2,1-6H3,(H,45,52)(H,46,49)(H,47,51)/b11-9-/t23-,24-,26-,29-,31+,32+,39-/m1/s1. The molecule has 4 amide bonds. The molecule has 318 valence electrons. The second kappa shape index (κ2) is 15.9. The molecule has 58 heavy (non-hydrogen) atoms. The molecule has 2 aliphatic heterocycles. The maximum absolute atomic E-state index is 14.7. The van der Waals surface area contributed by atoms with Crippen LogP contribution in [-0.4, -0.2) is 95.5 Å². The lowest BCUT2D eigenvalue weighted by Crippen LogP contribution is -2.59. The largest absolute Gasteiger partial charge is 0.494 e. The fraction of sp³-hybridized carbons (Fsp3) is 0.625. The monoisotopic (exact) mass is 835 g/mol. The fourth-order valence-electron chi connectivity index (χ4n) is 7.65. The number of nitrogens with one attached hydrogen (secondary N) is 3. The third-order valence-electron chi connectivity index (χ3n) is 11.8. The van der Waals surface area contributed by atoms with E-state index in [1.54, 1.807) is 37.3 Å². The van der Waals surface area contributed by atoms with Crippen LogP contribution in [0.2, 0.25) is 0 Å². The predicted octanol–water partition coefficient (Wildman–Crippen LogP) is 5.30. The van der Waals surface area contributed by atoms with Gasteiger partial charge in [0.05, 0.1) is 29.6 Å². The third-order valence-corrected chi connectivity index (χ3v) is 14.0. The van der Waals surface area contributed by atoms with Gasteiger partial charge in [-0.25, -0.2) is 13.2 Å². The molecule has 3 fully saturated rings. The van der Waals surface area contributed by atoms with Crippen molar-refractivity contribution in [1.82, 2.24) is 25.2 Å². The lowest BCUT2D eigenvalue weighted by Gasteiger charge is -2.34. The Hall–Kier alpha value is -4.61. The topological polar surface area (TPSA) is 182 Å². The number of carbonyl (C=O) groups excluding carboxylic acids is 4. The summed E-state index contributed by atoms with van der Waals surface area (Å²) in [4.78, 5) is 61.8. The highest BCUT2D eigenvalue weighted by Crippen LogP contribution is 2.47. The first-order chi connectivity index (χ1) is 27.1. The number of ether oxygens (including phenoxy) is 3. The first-order valence-electron chi connectivity index (χ1n) is 19.7. The predicted molar refractivity (Wildman–Crippen MR) is 206 cm³/mol. The van der Waals surface area contributed by atoms with Crippen LogP contribution in [0.15, 0.2) is 42.6 Å². The average Bonchev–Trinajstić information content (AvgIpc) is 4.01. The summed E-state index contributed by atoms with van der Waals surface area (Å²) >= 11 is 0. The molecule has 0 unspecified atom stereocenters. The molecule has 2 saturated carbocycles. The van der Waals surface area contributed by atoms with Crippen molar-refractivity contribution in [2.75, 3.05) is 13.2 Å². The Bertz CT molecular complexity index is 2070. The minimum Gasteiger partial charge on any atom is -0.494 e. The number of fused-ring (bicyclic) bond motifs is 3. The van der Waals surface area contributed by atoms with E-state index in [9.17, 15) is 40.8 Å². The SMILES string of the molecule is CCOc1ccc2ncc(O[C@@H]3C[C@H]4C(=O)N[C@]5(C(=O)NS(=O)(=O)C6(C)CC6)C[C@H]5/C=C\CC[C@@H](C)C[C@@H](C)[C@H](NC(=O)OC(C)(C)C(F)(F)F)C(=O)N4C3)cc2c1. The first-order valence-corrected chi connectivity index (χ1v) is 21.2. The number of nitrogens with zero attached hydrogens (tertiary/aromatic N) is 2. The van der Waals surface area contributed by atoms with E-state index in [1.807, 2.05) is 19.9 Å². The molecule has 14 nitrogen and oxygen atoms in total. The second-order valence-corrected chi connectivity index (χ2v) is 19.1. The molecule has 0 bridgehead atoms. The molecule has 1 aromatic carbocycles. The summed E-state index contributed by atoms with van der Waals surface area (Å²) in [6.45, 7) is 8.67. The number of benzene rings is 1. The Morgan fingerprint density at radius 3 is 2.47 bits per heavy atom. The number of aromatic nitrogens is 1. The average molecular weight is 836 g/mol. The van der Waals surface area contributed by atoms with Gasteiger partial charge in [-0.2, -0.15) is 13.2 Å². The fourth-order valence-corrected chi connectivity index (χ4v) is 8.96. The van der Waals surface area contributed by atoms with Crippen molar-refractivity contribution in [3.05, 3.63) is 42.6 Å². The summed E-state index contributed by atoms with van der Waals surface area (Å²) in [5.41, 5.74) is -3.85. The van der Waals surface area contributed by atoms with E-state index < -0.39 is 85.9 Å². The molecule has 3 heterocycles. The number of rotatable bonds is 9. The maximum atomic E-state index is 14.7. The van der Waals surface area contributed by atoms with Crippen molar-refractivity contribution in [3.8, 4) is 11.5 Å². The third kappa shape index (κ3) is 9.00. The molecule has 0 radical (unpaired) electrons. The van der Waals surface area contributed by atoms with Crippen LogP contribution in [0, 0.1) is 17.8 Å². The van der Waals surface area contributed by atoms with Gasteiger partial charge < -0.3 is 29.7 Å². The summed E-state index contributed by atoms with van der Waals surface area (Å²) in [6.07, 6.45) is 0.259. The lowest BCUT2D eigenvalue weighted by atomic mass is 9.88. The summed E-state index contributed by atoms with van der Waals surface area (Å²) in [5.74, 6) is -2.70. The van der Waals surface area contributed by atoms with Gasteiger partial charge in [0.2, 0.25) is 27.4 Å². The van der Waals surface area contributed by atoms with Gasteiger partial charge in [0.15, 0.2) is 0 Å². The number of amides is 4. The molecule has 18 heteroatoms. The van der Waals surface area contributed by atoms with Crippen LogP contribution >= 0.6 is 0 Å². The molecule has 7 atom stereocenters. The van der Waals surface area contributed by atoms with Gasteiger partial charge in [0, 0.05) is 17.7 Å². The molecule has 1 aromatic heterocycles. The zero-order valence-electron chi connectivity index (χ0n) is 33.5. The number of hydrogen-bond acceptors (Lipinski definition) is 10. The number of halogens is 3. The van der Waals surface area contributed by atoms with Crippen LogP contribution in [0.5, 0.6) is 11.5 Å². The molecular formula is C40H52F3N5O9S. The molecule has 2 aliphatic carbocycles. The van der Waals surface area contributed by atoms with Crippen molar-refractivity contribution in [3.63, 3.8) is 0 Å². The first kappa shape index (κ1) is 43.0. The van der Waals surface area contributed by atoms with Gasteiger partial charge in [-0.05, 0) is 102 Å². The number of carbonyl (C=O) groups is 4. The second-order valence-electron chi connectivity index (χ2n) is 16.9. The Labute approximate surface area is 336 Å². The van der Waals surface area contributed by atoms with E-state index in [0.717, 1.165) is 0 Å². The molecule has 3 N–H and O–H groups in total. The van der Waals surface area contributed by atoms with E-state index in [1.165, 1.54) is 18.0 Å². The van der Waals surface area contributed by atoms with Gasteiger partial charge in [-0.3, -0.25) is 24.1 Å². The normalized spacial score (nSPS) is 29.4. The molecule has 0 spiro atoms. The highest BCUT2D eigenvalue weighted by molar-refractivity contribution is 7.91. The lowest BCUT2D eigenvalue weighted by molar-refractivity contribution is -0.244. The number of alkyl carbamates (subject to hydrolysis) is 1. The molecular weight excluding hydrogens is 784 g/mol.